The summed E-state index contributed by atoms with van der Waals surface area (Å²) in [6.45, 7) is 10.4. The molecule has 127 heavy (non-hydrogen) atoms. The van der Waals surface area contributed by atoms with Crippen molar-refractivity contribution in [1.82, 2.24) is 95.0 Å². The van der Waals surface area contributed by atoms with Crippen LogP contribution in [0.15, 0.2) is 42.9 Å². The number of thiol groups is 1. The lowest BCUT2D eigenvalue weighted by Gasteiger charge is -2.30. The second kappa shape index (κ2) is 58.4. The molecule has 0 aliphatic carbocycles. The number of guanidine groups is 1. The number of hydrogen-bond acceptors (Lipinski definition) is 27. The molecule has 1 heterocycles. The number of hydrogen-bond donors (Lipinski definition) is 28. The van der Waals surface area contributed by atoms with Crippen LogP contribution in [0.1, 0.15) is 150 Å². The van der Waals surface area contributed by atoms with Crippen LogP contribution in [0.2, 0.25) is 0 Å². The molecule has 0 aliphatic heterocycles. The van der Waals surface area contributed by atoms with Crippen molar-refractivity contribution in [3.05, 3.63) is 54.1 Å². The summed E-state index contributed by atoms with van der Waals surface area (Å²) >= 11 is 5.42. The number of H-pyrrole nitrogens is 1. The zero-order valence-electron chi connectivity index (χ0n) is 72.5. The van der Waals surface area contributed by atoms with Crippen LogP contribution in [0.3, 0.4) is 0 Å². The zero-order chi connectivity index (χ0) is 95.9. The molecule has 1 aromatic carbocycles. The number of amides is 16. The number of thioether (sulfide) groups is 1. The molecule has 16 amide bonds. The Hall–Kier alpha value is -11.8. The van der Waals surface area contributed by atoms with E-state index < -0.39 is 278 Å². The highest BCUT2D eigenvalue weighted by atomic mass is 32.2. The quantitative estimate of drug-likeness (QED) is 0.0127. The van der Waals surface area contributed by atoms with Gasteiger partial charge in [0.15, 0.2) is 5.96 Å². The van der Waals surface area contributed by atoms with E-state index in [-0.39, 0.29) is 88.2 Å². The standard InChI is InChI=1S/C78H127N23O24S2/c1-10-40(6)61(75(122)96-50(29-38(2)3)69(116)90-45(19-14-15-26-79)65(112)93-49(25-28-127-9)68(115)94-51(30-43-17-12-11-13-18-43)70(117)97-54(35-102)73(120)101-62(42(8)103)76(123)99-60(39(4)5)77(124)125)100-72(119)52(31-44-33-84-37-87-44)88-57(105)34-86-64(111)47(22-24-58(106)107)91-67(114)48(21-23-56(81)104)92-74(121)55(36-126)98-71(118)53(32-59(108)109)95-66(113)46(89-63(110)41(7)80)20-16-27-85-78(82)83/h11-13,17-18,33,37-42,45-55,60-62,102-103,126H,10,14-16,19-32,34-36,79-80H2,1-9H3,(H2,81,104)(H,84,87)(H,86,111)(H,88,105)(H,89,110)(H,90,116)(H,91,114)(H,92,121)(H,93,112)(H,94,115)(H,95,113)(H,96,122)(H,97,117)(H,98,118)(H,99,123)(H,100,119)(H,101,120)(H,106,107)(H,108,109)(H,124,125)(H4,82,83,85)/t40-,41-,42+,45-,46-,47-,48-,49-,50-,51-,52-,53-,54-,55-,60-,61-,62-/m0/s1. The van der Waals surface area contributed by atoms with Gasteiger partial charge in [-0.2, -0.15) is 24.4 Å². The van der Waals surface area contributed by atoms with Gasteiger partial charge in [0.1, 0.15) is 84.6 Å². The minimum Gasteiger partial charge on any atom is -0.481 e. The maximum absolute atomic E-state index is 14.8. The largest absolute Gasteiger partial charge is 0.481 e. The van der Waals surface area contributed by atoms with Gasteiger partial charge in [0, 0.05) is 44.2 Å². The average Bonchev–Trinajstić information content (AvgIpc) is 1.33. The van der Waals surface area contributed by atoms with E-state index in [1.807, 2.05) is 0 Å². The first-order valence-electron chi connectivity index (χ1n) is 41.2. The Kier molecular flexibility index (Phi) is 51.2. The number of carboxylic acid groups (broad SMARTS) is 3. The second-order valence-electron chi connectivity index (χ2n) is 30.9. The number of rotatable bonds is 62. The van der Waals surface area contributed by atoms with Gasteiger partial charge in [0.05, 0.1) is 43.7 Å². The Balaban J connectivity index is 2.49. The number of aliphatic hydroxyl groups excluding tert-OH is 2. The predicted octanol–water partition coefficient (Wildman–Crippen LogP) is -7.67. The topological polar surface area (TPSA) is 775 Å². The third kappa shape index (κ3) is 42.4. The predicted molar refractivity (Wildman–Crippen MR) is 463 cm³/mol. The number of primary amides is 1. The van der Waals surface area contributed by atoms with Crippen molar-refractivity contribution in [3.8, 4) is 0 Å². The number of aromatic amines is 1. The van der Waals surface area contributed by atoms with E-state index in [1.165, 1.54) is 45.1 Å². The summed E-state index contributed by atoms with van der Waals surface area (Å²) in [5.74, 6) is -23.7. The molecule has 49 heteroatoms. The summed E-state index contributed by atoms with van der Waals surface area (Å²) in [4.78, 5) is 265. The lowest BCUT2D eigenvalue weighted by Crippen LogP contribution is -2.62. The molecule has 1 aromatic heterocycles. The fourth-order valence-electron chi connectivity index (χ4n) is 12.2. The molecule has 0 saturated heterocycles. The lowest BCUT2D eigenvalue weighted by atomic mass is 9.96. The number of nitrogens with two attached hydrogens (primary N) is 4. The number of aromatic nitrogens is 2. The highest BCUT2D eigenvalue weighted by Crippen LogP contribution is 2.17. The first-order chi connectivity index (χ1) is 59.8. The van der Waals surface area contributed by atoms with Gasteiger partial charge in [-0.1, -0.05) is 78.3 Å². The summed E-state index contributed by atoms with van der Waals surface area (Å²) in [5, 5.41) is 96.3. The normalized spacial score (nSPS) is 15.1. The van der Waals surface area contributed by atoms with Crippen molar-refractivity contribution in [2.24, 2.45) is 40.7 Å². The van der Waals surface area contributed by atoms with Gasteiger partial charge >= 0.3 is 17.9 Å². The van der Waals surface area contributed by atoms with Crippen molar-refractivity contribution in [1.29, 1.82) is 5.41 Å². The third-order valence-corrected chi connectivity index (χ3v) is 20.5. The molecule has 0 aliphatic rings. The molecular weight excluding hydrogens is 1710 g/mol. The van der Waals surface area contributed by atoms with Gasteiger partial charge in [-0.25, -0.2) is 9.78 Å². The lowest BCUT2D eigenvalue weighted by molar-refractivity contribution is -0.144. The van der Waals surface area contributed by atoms with Gasteiger partial charge in [-0.3, -0.25) is 91.7 Å². The van der Waals surface area contributed by atoms with E-state index in [1.54, 1.807) is 64.3 Å². The minimum atomic E-state index is -1.94. The Bertz CT molecular complexity index is 4020. The fourth-order valence-corrected chi connectivity index (χ4v) is 12.9. The minimum absolute atomic E-state index is 0.0524. The number of benzene rings is 1. The van der Waals surface area contributed by atoms with E-state index in [0.29, 0.717) is 12.0 Å². The van der Waals surface area contributed by atoms with Crippen LogP contribution in [0.25, 0.3) is 0 Å². The number of carbonyl (C=O) groups is 19. The summed E-state index contributed by atoms with van der Waals surface area (Å²) in [6, 6.07) is -15.6. The van der Waals surface area contributed by atoms with Crippen LogP contribution in [-0.4, -0.2) is 295 Å². The Morgan fingerprint density at radius 1 is 0.504 bits per heavy atom. The van der Waals surface area contributed by atoms with Gasteiger partial charge in [0.25, 0.3) is 0 Å². The van der Waals surface area contributed by atoms with E-state index in [4.69, 9.17) is 28.3 Å². The van der Waals surface area contributed by atoms with Crippen molar-refractivity contribution < 1.29 is 117 Å². The number of unbranched alkanes of at least 4 members (excludes halogenated alkanes) is 1. The molecule has 0 fully saturated rings. The first-order valence-corrected chi connectivity index (χ1v) is 43.2. The number of aliphatic carboxylic acids is 3. The molecule has 17 atom stereocenters. The smallest absolute Gasteiger partial charge is 0.326 e. The van der Waals surface area contributed by atoms with Crippen LogP contribution in [0, 0.1) is 23.2 Å². The number of imidazole rings is 1. The summed E-state index contributed by atoms with van der Waals surface area (Å²) in [5.41, 5.74) is 22.9. The monoisotopic (exact) mass is 1830 g/mol. The first kappa shape index (κ1) is 111. The second-order valence-corrected chi connectivity index (χ2v) is 32.3. The number of aliphatic hydroxyl groups is 2. The average molecular weight is 1840 g/mol. The van der Waals surface area contributed by atoms with E-state index in [9.17, 15) is 117 Å². The van der Waals surface area contributed by atoms with Gasteiger partial charge in [0.2, 0.25) is 94.5 Å². The van der Waals surface area contributed by atoms with Crippen LogP contribution in [0.4, 0.5) is 0 Å². The van der Waals surface area contributed by atoms with E-state index >= 15 is 0 Å². The molecule has 0 unspecified atom stereocenters. The van der Waals surface area contributed by atoms with Crippen molar-refractivity contribution >= 4 is 143 Å². The third-order valence-electron chi connectivity index (χ3n) is 19.5. The van der Waals surface area contributed by atoms with Gasteiger partial charge in [-0.05, 0) is 114 Å². The summed E-state index contributed by atoms with van der Waals surface area (Å²) in [6.07, 6.45) is -1.03. The highest BCUT2D eigenvalue weighted by Gasteiger charge is 2.40. The van der Waals surface area contributed by atoms with Crippen LogP contribution in [-0.2, 0) is 104 Å². The SMILES string of the molecule is CC[C@H](C)[C@H](NC(=O)[C@H](Cc1c[nH]cn1)NC(=O)CNC(=O)[C@H](CCC(=O)O)NC(=O)[C@H](CCC(N)=O)NC(=O)[C@H](CS)NC(=O)[C@H](CC(=O)O)NC(=O)[C@H](CCCNC(=N)N)NC(=O)[C@H](C)N)C(=O)N[C@@H](CC(C)C)C(=O)N[C@@H](CCCCN)C(=O)N[C@@H](CCSC)C(=O)N[C@@H](Cc1ccccc1)C(=O)N[C@@H](CO)C(=O)N[C@H](C(=O)N[C@H](C(=O)O)C(C)C)[C@@H](C)O. The molecule has 0 bridgehead atoms. The van der Waals surface area contributed by atoms with Crippen LogP contribution < -0.4 is 108 Å². The highest BCUT2D eigenvalue weighted by molar-refractivity contribution is 7.98. The Morgan fingerprint density at radius 2 is 0.961 bits per heavy atom. The van der Waals surface area contributed by atoms with Crippen molar-refractivity contribution in [3.63, 3.8) is 0 Å². The van der Waals surface area contributed by atoms with E-state index in [2.05, 4.69) is 108 Å². The number of carboxylic acids is 3. The molecule has 710 valence electrons. The molecule has 0 spiro atoms. The Morgan fingerprint density at radius 3 is 1.46 bits per heavy atom. The van der Waals surface area contributed by atoms with Crippen molar-refractivity contribution in [2.75, 3.05) is 44.0 Å². The molecule has 0 saturated carbocycles. The molecular formula is C78H127N23O24S2. The van der Waals surface area contributed by atoms with Crippen LogP contribution >= 0.6 is 24.4 Å². The fraction of sp³-hybridized carbons (Fsp3) is 0.628. The summed E-state index contributed by atoms with van der Waals surface area (Å²) in [7, 11) is 0. The van der Waals surface area contributed by atoms with Crippen molar-refractivity contribution in [2.45, 2.75) is 248 Å². The molecule has 47 nitrogen and oxygen atoms in total. The zero-order valence-corrected chi connectivity index (χ0v) is 74.2. The summed E-state index contributed by atoms with van der Waals surface area (Å²) < 4.78 is 0. The maximum atomic E-state index is 14.8. The number of nitrogens with zero attached hydrogens (tertiary/aromatic N) is 1. The molecule has 2 rings (SSSR count). The maximum Gasteiger partial charge on any atom is 0.326 e. The number of nitrogens with one attached hydrogen (secondary N) is 18. The van der Waals surface area contributed by atoms with Gasteiger partial charge < -0.3 is 139 Å². The molecule has 31 N–H and O–H groups in total. The van der Waals surface area contributed by atoms with Gasteiger partial charge in [-0.15, -0.1) is 0 Å². The Labute approximate surface area is 743 Å². The van der Waals surface area contributed by atoms with E-state index in [0.717, 1.165) is 6.92 Å². The molecule has 2 aromatic rings. The molecule has 0 radical (unpaired) electrons. The number of carbonyl (C=O) groups excluding carboxylic acids is 16. The van der Waals surface area contributed by atoms with Crippen LogP contribution in [0.5, 0.6) is 0 Å².